The molecule has 20 heavy (non-hydrogen) atoms. The minimum Gasteiger partial charge on any atom is -0.491 e. The van der Waals surface area contributed by atoms with Crippen molar-refractivity contribution < 1.29 is 14.3 Å². The summed E-state index contributed by atoms with van der Waals surface area (Å²) in [4.78, 5) is 13.7. The predicted octanol–water partition coefficient (Wildman–Crippen LogP) is 2.38. The van der Waals surface area contributed by atoms with E-state index in [1.807, 2.05) is 12.1 Å². The number of Topliss-reactive ketones (excluding diaryl/α,β-unsaturated/α-hetero) is 1. The van der Waals surface area contributed by atoms with Gasteiger partial charge in [0.05, 0.1) is 6.61 Å². The molecule has 0 aliphatic carbocycles. The Kier molecular flexibility index (Phi) is 5.15. The van der Waals surface area contributed by atoms with Crippen LogP contribution in [-0.2, 0) is 4.74 Å². The highest BCUT2D eigenvalue weighted by atomic mass is 16.5. The molecule has 4 nitrogen and oxygen atoms in total. The van der Waals surface area contributed by atoms with Gasteiger partial charge in [0.15, 0.2) is 5.78 Å². The van der Waals surface area contributed by atoms with Crippen LogP contribution in [0, 0.1) is 0 Å². The van der Waals surface area contributed by atoms with E-state index in [9.17, 15) is 4.79 Å². The van der Waals surface area contributed by atoms with E-state index < -0.39 is 0 Å². The standard InChI is InChI=1S/C16H23NO3/c1-12(2)17-7-8-19-16(10-17)11-20-15-6-4-5-14(9-15)13(3)18/h4-6,9,12,16H,7-8,10-11H2,1-3H3. The summed E-state index contributed by atoms with van der Waals surface area (Å²) in [6.45, 7) is 9.09. The highest BCUT2D eigenvalue weighted by Gasteiger charge is 2.22. The number of carbonyl (C=O) groups excluding carboxylic acids is 1. The maximum atomic E-state index is 11.3. The maximum absolute atomic E-state index is 11.3. The van der Waals surface area contributed by atoms with Gasteiger partial charge in [-0.15, -0.1) is 0 Å². The predicted molar refractivity (Wildman–Crippen MR) is 78.4 cm³/mol. The average Bonchev–Trinajstić information content (AvgIpc) is 2.45. The quantitative estimate of drug-likeness (QED) is 0.775. The van der Waals surface area contributed by atoms with E-state index in [1.54, 1.807) is 19.1 Å². The largest absolute Gasteiger partial charge is 0.491 e. The van der Waals surface area contributed by atoms with E-state index in [4.69, 9.17) is 9.47 Å². The van der Waals surface area contributed by atoms with Crippen LogP contribution in [0.4, 0.5) is 0 Å². The summed E-state index contributed by atoms with van der Waals surface area (Å²) in [5.41, 5.74) is 0.677. The number of rotatable bonds is 5. The van der Waals surface area contributed by atoms with Crippen LogP contribution in [0.2, 0.25) is 0 Å². The molecule has 1 aliphatic rings. The summed E-state index contributed by atoms with van der Waals surface area (Å²) in [6.07, 6.45) is 0.0899. The fraction of sp³-hybridized carbons (Fsp3) is 0.562. The third-order valence-corrected chi connectivity index (χ3v) is 3.58. The molecule has 1 aromatic rings. The smallest absolute Gasteiger partial charge is 0.159 e. The van der Waals surface area contributed by atoms with E-state index in [-0.39, 0.29) is 11.9 Å². The lowest BCUT2D eigenvalue weighted by atomic mass is 10.1. The van der Waals surface area contributed by atoms with Crippen molar-refractivity contribution in [3.63, 3.8) is 0 Å². The Bertz CT molecular complexity index is 459. The fourth-order valence-electron chi connectivity index (χ4n) is 2.31. The minimum absolute atomic E-state index is 0.0512. The molecule has 0 saturated carbocycles. The van der Waals surface area contributed by atoms with Crippen LogP contribution in [0.3, 0.4) is 0 Å². The van der Waals surface area contributed by atoms with Crippen molar-refractivity contribution >= 4 is 5.78 Å². The number of hydrogen-bond donors (Lipinski definition) is 0. The Morgan fingerprint density at radius 2 is 2.30 bits per heavy atom. The van der Waals surface area contributed by atoms with Crippen molar-refractivity contribution in [2.45, 2.75) is 32.9 Å². The highest BCUT2D eigenvalue weighted by Crippen LogP contribution is 2.16. The molecule has 0 aromatic heterocycles. The number of benzene rings is 1. The van der Waals surface area contributed by atoms with Crippen molar-refractivity contribution in [1.29, 1.82) is 0 Å². The summed E-state index contributed by atoms with van der Waals surface area (Å²) >= 11 is 0. The van der Waals surface area contributed by atoms with Gasteiger partial charge >= 0.3 is 0 Å². The molecule has 1 aromatic carbocycles. The second kappa shape index (κ2) is 6.86. The van der Waals surface area contributed by atoms with Crippen molar-refractivity contribution in [3.05, 3.63) is 29.8 Å². The second-order valence-corrected chi connectivity index (χ2v) is 5.48. The Hall–Kier alpha value is -1.39. The molecular weight excluding hydrogens is 254 g/mol. The Balaban J connectivity index is 1.88. The second-order valence-electron chi connectivity index (χ2n) is 5.48. The molecule has 1 aliphatic heterocycles. The third kappa shape index (κ3) is 4.05. The van der Waals surface area contributed by atoms with E-state index in [1.165, 1.54) is 0 Å². The summed E-state index contributed by atoms with van der Waals surface area (Å²) in [6, 6.07) is 7.82. The molecule has 4 heteroatoms. The van der Waals surface area contributed by atoms with Crippen molar-refractivity contribution in [2.24, 2.45) is 0 Å². The van der Waals surface area contributed by atoms with Crippen LogP contribution in [0.15, 0.2) is 24.3 Å². The van der Waals surface area contributed by atoms with Gasteiger partial charge in [-0.25, -0.2) is 0 Å². The first-order chi connectivity index (χ1) is 9.56. The molecule has 0 radical (unpaired) electrons. The van der Waals surface area contributed by atoms with Gasteiger partial charge in [0.25, 0.3) is 0 Å². The number of hydrogen-bond acceptors (Lipinski definition) is 4. The fourth-order valence-corrected chi connectivity index (χ4v) is 2.31. The van der Waals surface area contributed by atoms with Crippen molar-refractivity contribution in [1.82, 2.24) is 4.90 Å². The molecular formula is C16H23NO3. The molecule has 1 atom stereocenters. The molecule has 1 heterocycles. The summed E-state index contributed by atoms with van der Waals surface area (Å²) < 4.78 is 11.5. The van der Waals surface area contributed by atoms with Crippen LogP contribution in [0.1, 0.15) is 31.1 Å². The van der Waals surface area contributed by atoms with Crippen molar-refractivity contribution in [3.8, 4) is 5.75 Å². The van der Waals surface area contributed by atoms with Gasteiger partial charge in [0.2, 0.25) is 0 Å². The van der Waals surface area contributed by atoms with Gasteiger partial charge < -0.3 is 9.47 Å². The number of nitrogens with zero attached hydrogens (tertiary/aromatic N) is 1. The molecule has 0 spiro atoms. The Morgan fingerprint density at radius 3 is 3.00 bits per heavy atom. The lowest BCUT2D eigenvalue weighted by Crippen LogP contribution is -2.47. The van der Waals surface area contributed by atoms with Crippen LogP contribution in [0.25, 0.3) is 0 Å². The van der Waals surface area contributed by atoms with Crippen LogP contribution in [-0.4, -0.2) is 49.1 Å². The number of morpholine rings is 1. The van der Waals surface area contributed by atoms with E-state index in [2.05, 4.69) is 18.7 Å². The van der Waals surface area contributed by atoms with Gasteiger partial charge in [-0.1, -0.05) is 12.1 Å². The summed E-state index contributed by atoms with van der Waals surface area (Å²) in [5, 5.41) is 0. The highest BCUT2D eigenvalue weighted by molar-refractivity contribution is 5.94. The van der Waals surface area contributed by atoms with Gasteiger partial charge in [0.1, 0.15) is 18.5 Å². The molecule has 0 amide bonds. The minimum atomic E-state index is 0.0512. The number of ketones is 1. The average molecular weight is 277 g/mol. The van der Waals surface area contributed by atoms with E-state index in [0.29, 0.717) is 18.2 Å². The van der Waals surface area contributed by atoms with Gasteiger partial charge in [0, 0.05) is 24.7 Å². The summed E-state index contributed by atoms with van der Waals surface area (Å²) in [7, 11) is 0. The van der Waals surface area contributed by atoms with Gasteiger partial charge in [-0.05, 0) is 32.9 Å². The Labute approximate surface area is 120 Å². The zero-order chi connectivity index (χ0) is 14.5. The zero-order valence-electron chi connectivity index (χ0n) is 12.5. The first-order valence-electron chi connectivity index (χ1n) is 7.15. The van der Waals surface area contributed by atoms with Gasteiger partial charge in [-0.3, -0.25) is 9.69 Å². The first kappa shape index (κ1) is 15.0. The van der Waals surface area contributed by atoms with Crippen molar-refractivity contribution in [2.75, 3.05) is 26.3 Å². The number of ether oxygens (including phenoxy) is 2. The first-order valence-corrected chi connectivity index (χ1v) is 7.15. The molecule has 2 rings (SSSR count). The maximum Gasteiger partial charge on any atom is 0.159 e. The van der Waals surface area contributed by atoms with E-state index in [0.717, 1.165) is 25.4 Å². The lowest BCUT2D eigenvalue weighted by molar-refractivity contribution is -0.0564. The normalized spacial score (nSPS) is 20.1. The lowest BCUT2D eigenvalue weighted by Gasteiger charge is -2.35. The van der Waals surface area contributed by atoms with Crippen LogP contribution < -0.4 is 4.74 Å². The molecule has 0 N–H and O–H groups in total. The van der Waals surface area contributed by atoms with Gasteiger partial charge in [-0.2, -0.15) is 0 Å². The molecule has 1 fully saturated rings. The van der Waals surface area contributed by atoms with E-state index >= 15 is 0 Å². The molecule has 1 unspecified atom stereocenters. The Morgan fingerprint density at radius 1 is 1.50 bits per heavy atom. The monoisotopic (exact) mass is 277 g/mol. The SMILES string of the molecule is CC(=O)c1cccc(OCC2CN(C(C)C)CCO2)c1. The van der Waals surface area contributed by atoms with Crippen LogP contribution in [0.5, 0.6) is 5.75 Å². The molecule has 1 saturated heterocycles. The molecule has 110 valence electrons. The number of carbonyl (C=O) groups is 1. The zero-order valence-corrected chi connectivity index (χ0v) is 12.5. The third-order valence-electron chi connectivity index (χ3n) is 3.58. The van der Waals surface area contributed by atoms with Crippen LogP contribution >= 0.6 is 0 Å². The topological polar surface area (TPSA) is 38.8 Å². The molecule has 0 bridgehead atoms. The summed E-state index contributed by atoms with van der Waals surface area (Å²) in [5.74, 6) is 0.776.